The molecule has 1 atom stereocenters. The standard InChI is InChI=1S/C14H25NO2/c16-14(11-4-2-1-3-5-11)10-15-12-6-8-13(17-15)9-7-12/h11-14,16H,1-10H2. The molecule has 2 bridgehead atoms. The zero-order valence-corrected chi connectivity index (χ0v) is 10.7. The number of aliphatic hydroxyl groups is 1. The molecule has 0 amide bonds. The van der Waals surface area contributed by atoms with E-state index in [1.54, 1.807) is 0 Å². The molecule has 3 heteroatoms. The maximum absolute atomic E-state index is 10.3. The summed E-state index contributed by atoms with van der Waals surface area (Å²) in [6.07, 6.45) is 11.6. The van der Waals surface area contributed by atoms with Crippen molar-refractivity contribution in [3.8, 4) is 0 Å². The highest BCUT2D eigenvalue weighted by Crippen LogP contribution is 2.34. The third-order valence-corrected chi connectivity index (χ3v) is 4.90. The van der Waals surface area contributed by atoms with Gasteiger partial charge < -0.3 is 5.11 Å². The fourth-order valence-corrected chi connectivity index (χ4v) is 3.76. The molecular weight excluding hydrogens is 214 g/mol. The molecule has 0 radical (unpaired) electrons. The first kappa shape index (κ1) is 11.9. The third-order valence-electron chi connectivity index (χ3n) is 4.90. The SMILES string of the molecule is OC(CN1OC2CCC1CC2)C1CCCCC1. The minimum absolute atomic E-state index is 0.172. The van der Waals surface area contributed by atoms with Gasteiger partial charge >= 0.3 is 0 Å². The van der Waals surface area contributed by atoms with Gasteiger partial charge in [-0.2, -0.15) is 5.06 Å². The van der Waals surface area contributed by atoms with Gasteiger partial charge in [-0.3, -0.25) is 4.84 Å². The van der Waals surface area contributed by atoms with E-state index >= 15 is 0 Å². The molecule has 3 nitrogen and oxygen atoms in total. The average molecular weight is 239 g/mol. The molecule has 17 heavy (non-hydrogen) atoms. The summed E-state index contributed by atoms with van der Waals surface area (Å²) in [6.45, 7) is 0.742. The first-order valence-corrected chi connectivity index (χ1v) is 7.44. The second kappa shape index (κ2) is 5.25. The van der Waals surface area contributed by atoms with Crippen LogP contribution in [0.1, 0.15) is 57.8 Å². The Morgan fingerprint density at radius 1 is 1.00 bits per heavy atom. The number of hydroxylamine groups is 2. The lowest BCUT2D eigenvalue weighted by atomic mass is 9.84. The maximum Gasteiger partial charge on any atom is 0.0794 e. The van der Waals surface area contributed by atoms with Crippen LogP contribution in [0.15, 0.2) is 0 Å². The van der Waals surface area contributed by atoms with E-state index in [1.165, 1.54) is 57.8 Å². The van der Waals surface area contributed by atoms with E-state index in [4.69, 9.17) is 4.84 Å². The van der Waals surface area contributed by atoms with Crippen LogP contribution in [0.3, 0.4) is 0 Å². The van der Waals surface area contributed by atoms with E-state index in [0.29, 0.717) is 18.1 Å². The topological polar surface area (TPSA) is 32.7 Å². The van der Waals surface area contributed by atoms with Gasteiger partial charge in [-0.05, 0) is 44.4 Å². The molecule has 2 aliphatic heterocycles. The van der Waals surface area contributed by atoms with E-state index in [2.05, 4.69) is 5.06 Å². The molecule has 2 heterocycles. The van der Waals surface area contributed by atoms with Crippen LogP contribution in [0, 0.1) is 5.92 Å². The molecule has 1 unspecified atom stereocenters. The summed E-state index contributed by atoms with van der Waals surface area (Å²) in [4.78, 5) is 5.92. The van der Waals surface area contributed by atoms with Gasteiger partial charge in [-0.25, -0.2) is 0 Å². The Bertz CT molecular complexity index is 245. The zero-order valence-electron chi connectivity index (χ0n) is 10.7. The summed E-state index contributed by atoms with van der Waals surface area (Å²) in [7, 11) is 0. The summed E-state index contributed by atoms with van der Waals surface area (Å²) in [5.41, 5.74) is 0. The zero-order chi connectivity index (χ0) is 11.7. The van der Waals surface area contributed by atoms with Crippen LogP contribution in [0.4, 0.5) is 0 Å². The molecule has 4 rings (SSSR count). The minimum Gasteiger partial charge on any atom is -0.391 e. The van der Waals surface area contributed by atoms with Crippen LogP contribution < -0.4 is 0 Å². The Morgan fingerprint density at radius 2 is 1.71 bits per heavy atom. The van der Waals surface area contributed by atoms with Crippen LogP contribution in [-0.2, 0) is 4.84 Å². The highest BCUT2D eigenvalue weighted by atomic mass is 16.7. The molecule has 2 aliphatic carbocycles. The fourth-order valence-electron chi connectivity index (χ4n) is 3.76. The first-order valence-electron chi connectivity index (χ1n) is 7.44. The Balaban J connectivity index is 1.52. The Labute approximate surface area is 104 Å². The van der Waals surface area contributed by atoms with Gasteiger partial charge in [0.05, 0.1) is 18.8 Å². The van der Waals surface area contributed by atoms with Crippen LogP contribution >= 0.6 is 0 Å². The molecule has 0 aromatic carbocycles. The molecular formula is C14H25NO2. The largest absolute Gasteiger partial charge is 0.391 e. The summed E-state index contributed by atoms with van der Waals surface area (Å²) in [5, 5.41) is 12.4. The van der Waals surface area contributed by atoms with Gasteiger partial charge in [0.25, 0.3) is 0 Å². The van der Waals surface area contributed by atoms with Crippen molar-refractivity contribution in [3.05, 3.63) is 0 Å². The van der Waals surface area contributed by atoms with Crippen molar-refractivity contribution >= 4 is 0 Å². The highest BCUT2D eigenvalue weighted by Gasteiger charge is 2.36. The third kappa shape index (κ3) is 2.67. The Hall–Kier alpha value is -0.120. The van der Waals surface area contributed by atoms with Crippen LogP contribution in [0.25, 0.3) is 0 Å². The molecule has 4 fully saturated rings. The molecule has 0 spiro atoms. The van der Waals surface area contributed by atoms with E-state index in [1.807, 2.05) is 0 Å². The minimum atomic E-state index is -0.172. The van der Waals surface area contributed by atoms with Crippen LogP contribution in [-0.4, -0.2) is 35.0 Å². The van der Waals surface area contributed by atoms with Crippen LogP contribution in [0.2, 0.25) is 0 Å². The fraction of sp³-hybridized carbons (Fsp3) is 1.00. The predicted octanol–water partition coefficient (Wildman–Crippen LogP) is 2.49. The smallest absolute Gasteiger partial charge is 0.0794 e. The van der Waals surface area contributed by atoms with Gasteiger partial charge in [0.1, 0.15) is 0 Å². The van der Waals surface area contributed by atoms with Crippen molar-refractivity contribution in [2.45, 2.75) is 76.0 Å². The lowest BCUT2D eigenvalue weighted by Gasteiger charge is -2.45. The quantitative estimate of drug-likeness (QED) is 0.821. The summed E-state index contributed by atoms with van der Waals surface area (Å²) in [5.74, 6) is 0.521. The summed E-state index contributed by atoms with van der Waals surface area (Å²) in [6, 6.07) is 0.582. The summed E-state index contributed by atoms with van der Waals surface area (Å²) < 4.78 is 0. The van der Waals surface area contributed by atoms with Crippen molar-refractivity contribution < 1.29 is 9.94 Å². The first-order chi connectivity index (χ1) is 8.33. The number of hydrogen-bond acceptors (Lipinski definition) is 3. The lowest BCUT2D eigenvalue weighted by Crippen LogP contribution is -2.52. The van der Waals surface area contributed by atoms with Crippen molar-refractivity contribution in [1.82, 2.24) is 5.06 Å². The number of aliphatic hydroxyl groups excluding tert-OH is 1. The van der Waals surface area contributed by atoms with Gasteiger partial charge in [-0.1, -0.05) is 19.3 Å². The van der Waals surface area contributed by atoms with Crippen molar-refractivity contribution in [1.29, 1.82) is 0 Å². The monoisotopic (exact) mass is 239 g/mol. The maximum atomic E-state index is 10.3. The molecule has 2 saturated heterocycles. The molecule has 0 aromatic heterocycles. The summed E-state index contributed by atoms with van der Waals surface area (Å²) >= 11 is 0. The van der Waals surface area contributed by atoms with E-state index in [0.717, 1.165) is 6.54 Å². The van der Waals surface area contributed by atoms with E-state index in [-0.39, 0.29) is 6.10 Å². The van der Waals surface area contributed by atoms with Crippen molar-refractivity contribution in [2.24, 2.45) is 5.92 Å². The van der Waals surface area contributed by atoms with Crippen molar-refractivity contribution in [2.75, 3.05) is 6.54 Å². The van der Waals surface area contributed by atoms with E-state index < -0.39 is 0 Å². The number of fused-ring (bicyclic) bond motifs is 3. The number of hydrogen-bond donors (Lipinski definition) is 1. The van der Waals surface area contributed by atoms with Crippen LogP contribution in [0.5, 0.6) is 0 Å². The van der Waals surface area contributed by atoms with Gasteiger partial charge in [-0.15, -0.1) is 0 Å². The molecule has 1 N–H and O–H groups in total. The average Bonchev–Trinajstić information content (AvgIpc) is 2.41. The van der Waals surface area contributed by atoms with Gasteiger partial charge in [0, 0.05) is 6.04 Å². The lowest BCUT2D eigenvalue weighted by molar-refractivity contribution is -0.285. The molecule has 2 saturated carbocycles. The highest BCUT2D eigenvalue weighted by molar-refractivity contribution is 4.84. The van der Waals surface area contributed by atoms with Gasteiger partial charge in [0.15, 0.2) is 0 Å². The molecule has 4 aliphatic rings. The number of nitrogens with zero attached hydrogens (tertiary/aromatic N) is 1. The Morgan fingerprint density at radius 3 is 2.29 bits per heavy atom. The van der Waals surface area contributed by atoms with Crippen molar-refractivity contribution in [3.63, 3.8) is 0 Å². The van der Waals surface area contributed by atoms with Gasteiger partial charge in [0.2, 0.25) is 0 Å². The Kier molecular flexibility index (Phi) is 3.69. The second-order valence-electron chi connectivity index (χ2n) is 6.10. The number of rotatable bonds is 3. The normalized spacial score (nSPS) is 37.2. The predicted molar refractivity (Wildman–Crippen MR) is 66.4 cm³/mol. The molecule has 0 aromatic rings. The van der Waals surface area contributed by atoms with E-state index in [9.17, 15) is 5.11 Å². The molecule has 98 valence electrons. The second-order valence-corrected chi connectivity index (χ2v) is 6.10.